The Morgan fingerprint density at radius 3 is 2.23 bits per heavy atom. The number of carbonyl (C=O) groups is 3. The maximum atomic E-state index is 12.8. The molecule has 0 saturated carbocycles. The molecule has 204 valence electrons. The van der Waals surface area contributed by atoms with Crippen molar-refractivity contribution in [2.75, 3.05) is 13.2 Å². The van der Waals surface area contributed by atoms with E-state index in [1.54, 1.807) is 0 Å². The smallest absolute Gasteiger partial charge is 0.344 e. The Balaban J connectivity index is 1.39. The molecule has 0 aliphatic carbocycles. The second-order valence-electron chi connectivity index (χ2n) is 8.66. The monoisotopic (exact) mass is 563 g/mol. The Morgan fingerprint density at radius 2 is 1.60 bits per heavy atom. The van der Waals surface area contributed by atoms with Gasteiger partial charge in [0, 0.05) is 12.1 Å². The minimum atomic E-state index is -1.02. The zero-order valence-corrected chi connectivity index (χ0v) is 22.0. The van der Waals surface area contributed by atoms with Crippen LogP contribution in [-0.4, -0.2) is 45.0 Å². The van der Waals surface area contributed by atoms with Gasteiger partial charge in [0.2, 0.25) is 0 Å². The summed E-state index contributed by atoms with van der Waals surface area (Å²) >= 11 is 0.795. The number of esters is 1. The third kappa shape index (κ3) is 6.50. The summed E-state index contributed by atoms with van der Waals surface area (Å²) in [5.74, 6) is -0.730. The summed E-state index contributed by atoms with van der Waals surface area (Å²) in [7, 11) is 0. The summed E-state index contributed by atoms with van der Waals surface area (Å²) in [5, 5.41) is 21.7. The molecule has 1 fully saturated rings. The molecule has 1 saturated heterocycles. The minimum Gasteiger partial charge on any atom is -0.491 e. The molecule has 0 atom stereocenters. The van der Waals surface area contributed by atoms with Gasteiger partial charge < -0.3 is 9.47 Å². The first-order chi connectivity index (χ1) is 19.0. The molecule has 40 heavy (non-hydrogen) atoms. The van der Waals surface area contributed by atoms with E-state index < -0.39 is 38.3 Å². The fourth-order valence-corrected chi connectivity index (χ4v) is 4.54. The van der Waals surface area contributed by atoms with Crippen LogP contribution in [0.15, 0.2) is 65.6 Å². The average Bonchev–Trinajstić information content (AvgIpc) is 3.18. The molecule has 1 heterocycles. The van der Waals surface area contributed by atoms with Crippen molar-refractivity contribution in [3.63, 3.8) is 0 Å². The molecule has 0 aromatic heterocycles. The first-order valence-electron chi connectivity index (χ1n) is 11.7. The highest BCUT2D eigenvalue weighted by molar-refractivity contribution is 8.18. The zero-order valence-electron chi connectivity index (χ0n) is 21.2. The molecule has 13 heteroatoms. The Hall–Kier alpha value is -5.04. The SMILES string of the molecule is Cc1ccc(C)c(OCCN2C(=O)S/C(=C\c3ccc(OC(=O)c4cc([N+](=O)[O-])cc([N+](=O)[O-])c4)cc3)C2=O)c1. The van der Waals surface area contributed by atoms with Crippen molar-refractivity contribution < 1.29 is 33.7 Å². The summed E-state index contributed by atoms with van der Waals surface area (Å²) in [5.41, 5.74) is 0.913. The highest BCUT2D eigenvalue weighted by Crippen LogP contribution is 2.32. The molecule has 2 amide bonds. The second kappa shape index (κ2) is 11.8. The number of aryl methyl sites for hydroxylation is 2. The van der Waals surface area contributed by atoms with Crippen molar-refractivity contribution in [2.45, 2.75) is 13.8 Å². The highest BCUT2D eigenvalue weighted by Gasteiger charge is 2.34. The van der Waals surface area contributed by atoms with Gasteiger partial charge in [0.25, 0.3) is 22.5 Å². The number of thioether (sulfide) groups is 1. The highest BCUT2D eigenvalue weighted by atomic mass is 32.2. The predicted octanol–water partition coefficient (Wildman–Crippen LogP) is 5.45. The topological polar surface area (TPSA) is 159 Å². The van der Waals surface area contributed by atoms with Gasteiger partial charge in [0.15, 0.2) is 0 Å². The quantitative estimate of drug-likeness (QED) is 0.108. The van der Waals surface area contributed by atoms with Crippen LogP contribution < -0.4 is 9.47 Å². The standard InChI is InChI=1S/C27H21N3O9S/c1-16-3-4-17(2)23(11-16)38-10-9-28-25(31)24(40-27(28)33)12-18-5-7-22(8-6-18)39-26(32)19-13-20(29(34)35)15-21(14-19)30(36)37/h3-8,11-15H,9-10H2,1-2H3/b24-12-. The number of benzene rings is 3. The molecule has 0 spiro atoms. The third-order valence-corrected chi connectivity index (χ3v) is 6.65. The largest absolute Gasteiger partial charge is 0.491 e. The predicted molar refractivity (Wildman–Crippen MR) is 145 cm³/mol. The molecule has 3 aromatic carbocycles. The zero-order chi connectivity index (χ0) is 29.0. The van der Waals surface area contributed by atoms with E-state index in [1.807, 2.05) is 32.0 Å². The molecular weight excluding hydrogens is 542 g/mol. The van der Waals surface area contributed by atoms with E-state index in [2.05, 4.69) is 0 Å². The van der Waals surface area contributed by atoms with Gasteiger partial charge >= 0.3 is 5.97 Å². The molecule has 0 N–H and O–H groups in total. The van der Waals surface area contributed by atoms with E-state index in [4.69, 9.17) is 9.47 Å². The van der Waals surface area contributed by atoms with Gasteiger partial charge in [-0.15, -0.1) is 0 Å². The van der Waals surface area contributed by atoms with E-state index in [0.29, 0.717) is 11.3 Å². The molecule has 1 aliphatic heterocycles. The molecule has 12 nitrogen and oxygen atoms in total. The first-order valence-corrected chi connectivity index (χ1v) is 12.5. The number of carbonyl (C=O) groups excluding carboxylic acids is 3. The number of nitro benzene ring substituents is 2. The number of rotatable bonds is 9. The van der Waals surface area contributed by atoms with Gasteiger partial charge in [-0.2, -0.15) is 0 Å². The normalized spacial score (nSPS) is 13.9. The van der Waals surface area contributed by atoms with Gasteiger partial charge in [0.1, 0.15) is 18.1 Å². The van der Waals surface area contributed by atoms with Crippen molar-refractivity contribution in [3.8, 4) is 11.5 Å². The van der Waals surface area contributed by atoms with Crippen LogP contribution in [-0.2, 0) is 4.79 Å². The fourth-order valence-electron chi connectivity index (χ4n) is 3.68. The van der Waals surface area contributed by atoms with Crippen LogP contribution in [0, 0.1) is 34.1 Å². The van der Waals surface area contributed by atoms with Gasteiger partial charge in [-0.05, 0) is 66.6 Å². The van der Waals surface area contributed by atoms with Gasteiger partial charge in [-0.25, -0.2) is 4.79 Å². The molecule has 0 unspecified atom stereocenters. The van der Waals surface area contributed by atoms with Gasteiger partial charge in [0.05, 0.1) is 32.9 Å². The number of amides is 2. The lowest BCUT2D eigenvalue weighted by molar-refractivity contribution is -0.394. The number of hydrogen-bond donors (Lipinski definition) is 0. The number of non-ortho nitro benzene ring substituents is 2. The fraction of sp³-hybridized carbons (Fsp3) is 0.148. The van der Waals surface area contributed by atoms with Crippen LogP contribution >= 0.6 is 11.8 Å². The van der Waals surface area contributed by atoms with E-state index in [1.165, 1.54) is 30.3 Å². The number of ether oxygens (including phenoxy) is 2. The van der Waals surface area contributed by atoms with Crippen molar-refractivity contribution in [2.24, 2.45) is 0 Å². The first kappa shape index (κ1) is 28.0. The summed E-state index contributed by atoms with van der Waals surface area (Å²) < 4.78 is 11.0. The maximum absolute atomic E-state index is 12.8. The lowest BCUT2D eigenvalue weighted by Crippen LogP contribution is -2.32. The summed E-state index contributed by atoms with van der Waals surface area (Å²) in [6.07, 6.45) is 1.52. The minimum absolute atomic E-state index is 0.0630. The lowest BCUT2D eigenvalue weighted by Gasteiger charge is -2.14. The van der Waals surface area contributed by atoms with Gasteiger partial charge in [-0.1, -0.05) is 24.3 Å². The number of hydrogen-bond acceptors (Lipinski definition) is 10. The molecule has 1 aliphatic rings. The van der Waals surface area contributed by atoms with Crippen molar-refractivity contribution in [1.29, 1.82) is 0 Å². The van der Waals surface area contributed by atoms with Gasteiger partial charge in [-0.3, -0.25) is 34.7 Å². The molecule has 3 aromatic rings. The maximum Gasteiger partial charge on any atom is 0.344 e. The van der Waals surface area contributed by atoms with Crippen LogP contribution in [0.3, 0.4) is 0 Å². The lowest BCUT2D eigenvalue weighted by atomic mass is 10.1. The number of nitro groups is 2. The van der Waals surface area contributed by atoms with Crippen LogP contribution in [0.1, 0.15) is 27.0 Å². The van der Waals surface area contributed by atoms with Crippen molar-refractivity contribution in [3.05, 3.63) is 108 Å². The number of nitrogens with zero attached hydrogens (tertiary/aromatic N) is 3. The Kier molecular flexibility index (Phi) is 8.24. The van der Waals surface area contributed by atoms with Crippen LogP contribution in [0.2, 0.25) is 0 Å². The van der Waals surface area contributed by atoms with Crippen LogP contribution in [0.4, 0.5) is 16.2 Å². The van der Waals surface area contributed by atoms with Crippen molar-refractivity contribution in [1.82, 2.24) is 4.90 Å². The molecular formula is C27H21N3O9S. The Morgan fingerprint density at radius 1 is 0.950 bits per heavy atom. The summed E-state index contributed by atoms with van der Waals surface area (Å²) in [6.45, 7) is 4.07. The summed E-state index contributed by atoms with van der Waals surface area (Å²) in [4.78, 5) is 59.4. The van der Waals surface area contributed by atoms with E-state index in [0.717, 1.165) is 46.0 Å². The Bertz CT molecular complexity index is 1540. The van der Waals surface area contributed by atoms with E-state index >= 15 is 0 Å². The Labute approximate surface area is 231 Å². The summed E-state index contributed by atoms with van der Waals surface area (Å²) in [6, 6.07) is 14.2. The van der Waals surface area contributed by atoms with Crippen LogP contribution in [0.25, 0.3) is 6.08 Å². The number of imide groups is 1. The van der Waals surface area contributed by atoms with Crippen molar-refractivity contribution >= 4 is 46.3 Å². The third-order valence-electron chi connectivity index (χ3n) is 5.74. The second-order valence-corrected chi connectivity index (χ2v) is 9.65. The van der Waals surface area contributed by atoms with Crippen LogP contribution in [0.5, 0.6) is 11.5 Å². The van der Waals surface area contributed by atoms with E-state index in [9.17, 15) is 34.6 Å². The average molecular weight is 564 g/mol. The molecule has 0 bridgehead atoms. The molecule has 4 rings (SSSR count). The molecule has 0 radical (unpaired) electrons. The van der Waals surface area contributed by atoms with E-state index in [-0.39, 0.29) is 29.4 Å².